The van der Waals surface area contributed by atoms with Crippen LogP contribution >= 0.6 is 0 Å². The van der Waals surface area contributed by atoms with Gasteiger partial charge in [-0.1, -0.05) is 6.07 Å². The number of fused-ring (bicyclic) bond motifs is 2. The first-order valence-electron chi connectivity index (χ1n) is 10.9. The largest absolute Gasteiger partial charge is 0.367 e. The van der Waals surface area contributed by atoms with Crippen LogP contribution in [-0.4, -0.2) is 39.9 Å². The van der Waals surface area contributed by atoms with Crippen molar-refractivity contribution < 1.29 is 13.6 Å². The summed E-state index contributed by atoms with van der Waals surface area (Å²) in [5.74, 6) is -1.92. The number of piperidine rings is 1. The number of benzene rings is 2. The third-order valence-corrected chi connectivity index (χ3v) is 6.19. The molecule has 2 aromatic carbocycles. The number of amides is 1. The molecule has 8 heteroatoms. The van der Waals surface area contributed by atoms with Crippen molar-refractivity contribution in [3.8, 4) is 6.07 Å². The predicted octanol–water partition coefficient (Wildman–Crippen LogP) is 4.97. The van der Waals surface area contributed by atoms with Crippen molar-refractivity contribution in [2.24, 2.45) is 0 Å². The number of likely N-dealkylation sites (tertiary alicyclic amines) is 1. The number of pyridine rings is 1. The van der Waals surface area contributed by atoms with Gasteiger partial charge in [-0.15, -0.1) is 0 Å². The summed E-state index contributed by atoms with van der Waals surface area (Å²) in [5.41, 5.74) is 1.61. The molecule has 0 radical (unpaired) electrons. The molecular formula is C25H21F2N5O. The Morgan fingerprint density at radius 2 is 2.03 bits per heavy atom. The average molecular weight is 445 g/mol. The summed E-state index contributed by atoms with van der Waals surface area (Å²) in [5, 5.41) is 14.0. The molecular weight excluding hydrogens is 424 g/mol. The van der Waals surface area contributed by atoms with Crippen LogP contribution in [0.5, 0.6) is 0 Å². The molecule has 1 atom stereocenters. The van der Waals surface area contributed by atoms with Crippen molar-refractivity contribution in [3.63, 3.8) is 0 Å². The third-order valence-electron chi connectivity index (χ3n) is 6.19. The topological polar surface area (TPSA) is 84.8 Å². The van der Waals surface area contributed by atoms with Crippen LogP contribution in [0.15, 0.2) is 48.7 Å². The van der Waals surface area contributed by atoms with Crippen LogP contribution in [0.1, 0.15) is 35.2 Å². The van der Waals surface area contributed by atoms with Gasteiger partial charge in [0.05, 0.1) is 5.56 Å². The number of rotatable bonds is 4. The third kappa shape index (κ3) is 3.87. The van der Waals surface area contributed by atoms with E-state index in [0.717, 1.165) is 36.2 Å². The van der Waals surface area contributed by atoms with Gasteiger partial charge in [-0.25, -0.2) is 13.8 Å². The molecule has 33 heavy (non-hydrogen) atoms. The van der Waals surface area contributed by atoms with E-state index < -0.39 is 11.6 Å². The zero-order valence-corrected chi connectivity index (χ0v) is 17.7. The number of anilines is 1. The van der Waals surface area contributed by atoms with Crippen LogP contribution in [-0.2, 0) is 0 Å². The molecule has 1 saturated heterocycles. The molecule has 1 fully saturated rings. The lowest BCUT2D eigenvalue weighted by atomic mass is 10.00. The van der Waals surface area contributed by atoms with Crippen LogP contribution in [0.3, 0.4) is 0 Å². The second kappa shape index (κ2) is 8.51. The molecule has 0 aliphatic carbocycles. The van der Waals surface area contributed by atoms with Crippen molar-refractivity contribution >= 4 is 33.5 Å². The number of carbonyl (C=O) groups excluding carboxylic acids is 1. The highest BCUT2D eigenvalue weighted by atomic mass is 19.2. The quantitative estimate of drug-likeness (QED) is 0.464. The normalized spacial score (nSPS) is 16.2. The average Bonchev–Trinajstić information content (AvgIpc) is 3.32. The molecule has 3 heterocycles. The van der Waals surface area contributed by atoms with Crippen LogP contribution in [0.4, 0.5) is 14.6 Å². The fraction of sp³-hybridized carbons (Fsp3) is 0.240. The van der Waals surface area contributed by atoms with Crippen LogP contribution in [0, 0.1) is 23.0 Å². The van der Waals surface area contributed by atoms with Gasteiger partial charge in [0.15, 0.2) is 11.6 Å². The summed E-state index contributed by atoms with van der Waals surface area (Å²) >= 11 is 0. The van der Waals surface area contributed by atoms with E-state index in [1.54, 1.807) is 0 Å². The number of hydrogen-bond acceptors (Lipinski definition) is 4. The van der Waals surface area contributed by atoms with Crippen molar-refractivity contribution in [1.29, 1.82) is 5.26 Å². The van der Waals surface area contributed by atoms with Crippen molar-refractivity contribution in [2.75, 3.05) is 18.4 Å². The van der Waals surface area contributed by atoms with E-state index in [1.807, 2.05) is 35.4 Å². The first-order valence-corrected chi connectivity index (χ1v) is 10.9. The molecule has 2 N–H and O–H groups in total. The molecule has 1 amide bonds. The lowest BCUT2D eigenvalue weighted by molar-refractivity contribution is 0.0628. The minimum atomic E-state index is -1.05. The fourth-order valence-electron chi connectivity index (χ4n) is 4.44. The Kier molecular flexibility index (Phi) is 5.38. The summed E-state index contributed by atoms with van der Waals surface area (Å²) in [4.78, 5) is 22.5. The molecule has 6 nitrogen and oxygen atoms in total. The predicted molar refractivity (Wildman–Crippen MR) is 122 cm³/mol. The highest BCUT2D eigenvalue weighted by Gasteiger charge is 2.28. The summed E-state index contributed by atoms with van der Waals surface area (Å²) in [6.07, 6.45) is 4.52. The maximum Gasteiger partial charge on any atom is 0.254 e. The summed E-state index contributed by atoms with van der Waals surface area (Å²) in [6.45, 7) is 0.977. The van der Waals surface area contributed by atoms with E-state index in [4.69, 9.17) is 0 Å². The minimum Gasteiger partial charge on any atom is -0.367 e. The van der Waals surface area contributed by atoms with E-state index in [1.165, 1.54) is 12.1 Å². The number of H-pyrrole nitrogens is 1. The Hall–Kier alpha value is -3.99. The molecule has 0 spiro atoms. The van der Waals surface area contributed by atoms with Crippen molar-refractivity contribution in [1.82, 2.24) is 14.9 Å². The number of aromatic nitrogens is 2. The summed E-state index contributed by atoms with van der Waals surface area (Å²) in [6, 6.07) is 13.4. The molecule has 0 saturated carbocycles. The van der Waals surface area contributed by atoms with Gasteiger partial charge in [0.1, 0.15) is 17.4 Å². The van der Waals surface area contributed by atoms with E-state index in [-0.39, 0.29) is 28.8 Å². The number of carbonyl (C=O) groups is 1. The van der Waals surface area contributed by atoms with Crippen LogP contribution in [0.2, 0.25) is 0 Å². The van der Waals surface area contributed by atoms with Gasteiger partial charge in [0.2, 0.25) is 0 Å². The lowest BCUT2D eigenvalue weighted by Crippen LogP contribution is -2.47. The Balaban J connectivity index is 1.39. The van der Waals surface area contributed by atoms with E-state index in [9.17, 15) is 18.8 Å². The molecule has 1 aliphatic heterocycles. The number of halogens is 2. The summed E-state index contributed by atoms with van der Waals surface area (Å²) in [7, 11) is 0. The van der Waals surface area contributed by atoms with E-state index >= 15 is 0 Å². The SMILES string of the molecule is N#Cc1cc2ccc(F)c(F)c2nc1NC[C@@H]1CCCCN1C(=O)c1ccc2cc[nH]c2c1. The molecule has 4 aromatic rings. The number of nitrogens with zero attached hydrogens (tertiary/aromatic N) is 3. The highest BCUT2D eigenvalue weighted by Crippen LogP contribution is 2.26. The van der Waals surface area contributed by atoms with Gasteiger partial charge >= 0.3 is 0 Å². The molecule has 166 valence electrons. The van der Waals surface area contributed by atoms with Gasteiger partial charge in [0, 0.05) is 41.8 Å². The molecule has 0 bridgehead atoms. The second-order valence-electron chi connectivity index (χ2n) is 8.24. The molecule has 1 aliphatic rings. The van der Waals surface area contributed by atoms with E-state index in [0.29, 0.717) is 24.0 Å². The number of hydrogen-bond donors (Lipinski definition) is 2. The highest BCUT2D eigenvalue weighted by molar-refractivity contribution is 5.98. The van der Waals surface area contributed by atoms with Gasteiger partial charge in [-0.05, 0) is 61.0 Å². The first kappa shape index (κ1) is 20.9. The first-order chi connectivity index (χ1) is 16.0. The van der Waals surface area contributed by atoms with Crippen molar-refractivity contribution in [2.45, 2.75) is 25.3 Å². The Bertz CT molecular complexity index is 1410. The molecule has 0 unspecified atom stereocenters. The van der Waals surface area contributed by atoms with E-state index in [2.05, 4.69) is 21.4 Å². The molecule has 5 rings (SSSR count). The number of aromatic amines is 1. The second-order valence-corrected chi connectivity index (χ2v) is 8.24. The number of nitriles is 1. The zero-order chi connectivity index (χ0) is 22.9. The monoisotopic (exact) mass is 445 g/mol. The Morgan fingerprint density at radius 1 is 1.18 bits per heavy atom. The standard InChI is InChI=1S/C25H21F2N5O/c26-20-7-6-16-11-18(13-28)24(31-23(16)22(20)27)30-14-19-3-1-2-10-32(19)25(33)17-5-4-15-8-9-29-21(15)12-17/h4-9,11-12,19,29H,1-3,10,14H2,(H,30,31)/t19-/m0/s1. The van der Waals surface area contributed by atoms with Gasteiger partial charge in [-0.2, -0.15) is 5.26 Å². The lowest BCUT2D eigenvalue weighted by Gasteiger charge is -2.36. The fourth-order valence-corrected chi connectivity index (χ4v) is 4.44. The molecule has 2 aromatic heterocycles. The van der Waals surface area contributed by atoms with Gasteiger partial charge in [0.25, 0.3) is 5.91 Å². The van der Waals surface area contributed by atoms with Crippen LogP contribution < -0.4 is 5.32 Å². The smallest absolute Gasteiger partial charge is 0.254 e. The number of nitrogens with one attached hydrogen (secondary N) is 2. The zero-order valence-electron chi connectivity index (χ0n) is 17.7. The summed E-state index contributed by atoms with van der Waals surface area (Å²) < 4.78 is 27.9. The van der Waals surface area contributed by atoms with Gasteiger partial charge in [-0.3, -0.25) is 4.79 Å². The van der Waals surface area contributed by atoms with Gasteiger partial charge < -0.3 is 15.2 Å². The minimum absolute atomic E-state index is 0.0573. The maximum atomic E-state index is 14.2. The maximum absolute atomic E-state index is 14.2. The van der Waals surface area contributed by atoms with Crippen LogP contribution in [0.25, 0.3) is 21.8 Å². The Morgan fingerprint density at radius 3 is 2.88 bits per heavy atom. The Labute approximate surface area is 188 Å². The van der Waals surface area contributed by atoms with Crippen molar-refractivity contribution in [3.05, 3.63) is 71.4 Å².